The number of benzene rings is 3. The number of para-hydroxylation sites is 1. The van der Waals surface area contributed by atoms with Gasteiger partial charge in [0.25, 0.3) is 0 Å². The molecule has 30 heavy (non-hydrogen) atoms. The topological polar surface area (TPSA) is 26.0 Å². The second-order valence-corrected chi connectivity index (χ2v) is 9.51. The SMILES string of the molecule is CC(C)c1cccc2c1oc1c(-c3cc(C(C)(C)C)c4ccccc4c3)nccc12. The van der Waals surface area contributed by atoms with Crippen LogP contribution in [0, 0.1) is 0 Å². The van der Waals surface area contributed by atoms with Crippen molar-refractivity contribution in [1.29, 1.82) is 0 Å². The minimum atomic E-state index is 0.0300. The van der Waals surface area contributed by atoms with E-state index in [1.807, 2.05) is 6.20 Å². The van der Waals surface area contributed by atoms with Gasteiger partial charge in [0.15, 0.2) is 5.58 Å². The van der Waals surface area contributed by atoms with Gasteiger partial charge >= 0.3 is 0 Å². The summed E-state index contributed by atoms with van der Waals surface area (Å²) in [5.41, 5.74) is 6.47. The lowest BCUT2D eigenvalue weighted by Gasteiger charge is -2.22. The third-order valence-electron chi connectivity index (χ3n) is 6.01. The Kier molecular flexibility index (Phi) is 4.21. The maximum absolute atomic E-state index is 6.51. The number of nitrogens with zero attached hydrogens (tertiary/aromatic N) is 1. The Morgan fingerprint density at radius 1 is 0.800 bits per heavy atom. The van der Waals surface area contributed by atoms with Gasteiger partial charge in [0, 0.05) is 22.5 Å². The Balaban J connectivity index is 1.85. The first-order chi connectivity index (χ1) is 14.3. The van der Waals surface area contributed by atoms with Crippen LogP contribution in [0.15, 0.2) is 71.3 Å². The molecule has 0 fully saturated rings. The van der Waals surface area contributed by atoms with Crippen molar-refractivity contribution in [3.05, 3.63) is 78.0 Å². The molecule has 5 aromatic rings. The Labute approximate surface area is 177 Å². The van der Waals surface area contributed by atoms with Crippen LogP contribution in [-0.2, 0) is 5.41 Å². The van der Waals surface area contributed by atoms with Crippen LogP contribution in [0.5, 0.6) is 0 Å². The molecule has 0 saturated carbocycles. The van der Waals surface area contributed by atoms with Crippen LogP contribution in [0.3, 0.4) is 0 Å². The van der Waals surface area contributed by atoms with Crippen molar-refractivity contribution >= 4 is 32.7 Å². The van der Waals surface area contributed by atoms with Crippen molar-refractivity contribution < 1.29 is 4.42 Å². The minimum absolute atomic E-state index is 0.0300. The van der Waals surface area contributed by atoms with Gasteiger partial charge in [-0.25, -0.2) is 0 Å². The maximum Gasteiger partial charge on any atom is 0.161 e. The zero-order chi connectivity index (χ0) is 21.0. The van der Waals surface area contributed by atoms with Crippen molar-refractivity contribution in [1.82, 2.24) is 4.98 Å². The highest BCUT2D eigenvalue weighted by Gasteiger charge is 2.21. The first-order valence-electron chi connectivity index (χ1n) is 10.7. The quantitative estimate of drug-likeness (QED) is 0.302. The lowest BCUT2D eigenvalue weighted by atomic mass is 9.82. The van der Waals surface area contributed by atoms with Crippen molar-refractivity contribution in [2.24, 2.45) is 0 Å². The first kappa shape index (κ1) is 18.9. The van der Waals surface area contributed by atoms with Crippen molar-refractivity contribution in [2.45, 2.75) is 46.0 Å². The number of pyridine rings is 1. The van der Waals surface area contributed by atoms with E-state index in [9.17, 15) is 0 Å². The zero-order valence-corrected chi connectivity index (χ0v) is 18.3. The van der Waals surface area contributed by atoms with Crippen LogP contribution in [0.1, 0.15) is 51.7 Å². The molecular weight excluding hydrogens is 366 g/mol. The molecule has 2 aromatic heterocycles. The molecule has 2 nitrogen and oxygen atoms in total. The Morgan fingerprint density at radius 2 is 1.53 bits per heavy atom. The van der Waals surface area contributed by atoms with E-state index in [-0.39, 0.29) is 5.41 Å². The number of hydrogen-bond acceptors (Lipinski definition) is 2. The van der Waals surface area contributed by atoms with Gasteiger partial charge in [0.1, 0.15) is 11.3 Å². The van der Waals surface area contributed by atoms with Crippen LogP contribution in [-0.4, -0.2) is 4.98 Å². The standard InChI is InChI=1S/C28H27NO/c1-17(2)20-11-8-12-22-23-13-14-29-25(27(23)30-26(20)22)19-15-18-9-6-7-10-21(18)24(16-19)28(3,4)5/h6-17H,1-5H3. The van der Waals surface area contributed by atoms with Crippen LogP contribution in [0.4, 0.5) is 0 Å². The number of aromatic nitrogens is 1. The molecule has 0 aliphatic heterocycles. The molecule has 0 unspecified atom stereocenters. The van der Waals surface area contributed by atoms with E-state index in [1.54, 1.807) is 0 Å². The summed E-state index contributed by atoms with van der Waals surface area (Å²) in [4.78, 5) is 4.78. The zero-order valence-electron chi connectivity index (χ0n) is 18.3. The van der Waals surface area contributed by atoms with Crippen LogP contribution < -0.4 is 0 Å². The average molecular weight is 394 g/mol. The lowest BCUT2D eigenvalue weighted by molar-refractivity contribution is 0.596. The van der Waals surface area contributed by atoms with Crippen LogP contribution >= 0.6 is 0 Å². The average Bonchev–Trinajstić information content (AvgIpc) is 3.11. The number of fused-ring (bicyclic) bond motifs is 4. The largest absolute Gasteiger partial charge is 0.453 e. The summed E-state index contributed by atoms with van der Waals surface area (Å²) in [6.07, 6.45) is 1.90. The van der Waals surface area contributed by atoms with E-state index in [2.05, 4.69) is 95.3 Å². The summed E-state index contributed by atoms with van der Waals surface area (Å²) >= 11 is 0. The van der Waals surface area contributed by atoms with Gasteiger partial charge in [-0.2, -0.15) is 0 Å². The molecule has 3 aromatic carbocycles. The molecule has 150 valence electrons. The van der Waals surface area contributed by atoms with Gasteiger partial charge in [-0.05, 0) is 51.4 Å². The molecule has 0 saturated heterocycles. The summed E-state index contributed by atoms with van der Waals surface area (Å²) < 4.78 is 6.51. The Bertz CT molecular complexity index is 1400. The summed E-state index contributed by atoms with van der Waals surface area (Å²) in [6, 6.07) is 21.7. The summed E-state index contributed by atoms with van der Waals surface area (Å²) in [7, 11) is 0. The molecular formula is C28H27NO. The third-order valence-corrected chi connectivity index (χ3v) is 6.01. The highest BCUT2D eigenvalue weighted by molar-refractivity contribution is 6.10. The van der Waals surface area contributed by atoms with E-state index in [4.69, 9.17) is 9.40 Å². The molecule has 0 bridgehead atoms. The van der Waals surface area contributed by atoms with Gasteiger partial charge in [0.2, 0.25) is 0 Å². The fourth-order valence-electron chi connectivity index (χ4n) is 4.47. The predicted octanol–water partition coefficient (Wildman–Crippen LogP) is 8.22. The van der Waals surface area contributed by atoms with Crippen LogP contribution in [0.25, 0.3) is 44.0 Å². The smallest absolute Gasteiger partial charge is 0.161 e. The van der Waals surface area contributed by atoms with Crippen molar-refractivity contribution in [3.63, 3.8) is 0 Å². The maximum atomic E-state index is 6.51. The van der Waals surface area contributed by atoms with Crippen molar-refractivity contribution in [3.8, 4) is 11.3 Å². The molecule has 2 heterocycles. The molecule has 5 rings (SSSR count). The predicted molar refractivity (Wildman–Crippen MR) is 127 cm³/mol. The monoisotopic (exact) mass is 393 g/mol. The summed E-state index contributed by atoms with van der Waals surface area (Å²) in [5.74, 6) is 0.402. The molecule has 0 aliphatic carbocycles. The van der Waals surface area contributed by atoms with Gasteiger partial charge in [-0.15, -0.1) is 0 Å². The fourth-order valence-corrected chi connectivity index (χ4v) is 4.47. The Hall–Kier alpha value is -3.13. The molecule has 0 spiro atoms. The molecule has 2 heteroatoms. The second kappa shape index (κ2) is 6.70. The Morgan fingerprint density at radius 3 is 2.30 bits per heavy atom. The van der Waals surface area contributed by atoms with E-state index in [0.717, 1.165) is 33.2 Å². The summed E-state index contributed by atoms with van der Waals surface area (Å²) in [5, 5.41) is 4.82. The molecule has 0 amide bonds. The highest BCUT2D eigenvalue weighted by Crippen LogP contribution is 2.40. The highest BCUT2D eigenvalue weighted by atomic mass is 16.3. The lowest BCUT2D eigenvalue weighted by Crippen LogP contribution is -2.12. The van der Waals surface area contributed by atoms with E-state index >= 15 is 0 Å². The van der Waals surface area contributed by atoms with E-state index in [0.29, 0.717) is 5.92 Å². The minimum Gasteiger partial charge on any atom is -0.453 e. The number of hydrogen-bond donors (Lipinski definition) is 0. The first-order valence-corrected chi connectivity index (χ1v) is 10.7. The normalized spacial score (nSPS) is 12.5. The fraction of sp³-hybridized carbons (Fsp3) is 0.250. The number of rotatable bonds is 2. The molecule has 0 N–H and O–H groups in total. The number of furan rings is 1. The second-order valence-electron chi connectivity index (χ2n) is 9.51. The van der Waals surface area contributed by atoms with Gasteiger partial charge in [-0.1, -0.05) is 77.1 Å². The summed E-state index contributed by atoms with van der Waals surface area (Å²) in [6.45, 7) is 11.2. The van der Waals surface area contributed by atoms with Gasteiger partial charge < -0.3 is 4.42 Å². The van der Waals surface area contributed by atoms with Gasteiger partial charge in [-0.3, -0.25) is 4.98 Å². The van der Waals surface area contributed by atoms with Crippen LogP contribution in [0.2, 0.25) is 0 Å². The van der Waals surface area contributed by atoms with Gasteiger partial charge in [0.05, 0.1) is 0 Å². The molecule has 0 atom stereocenters. The molecule has 0 aliphatic rings. The van der Waals surface area contributed by atoms with Crippen molar-refractivity contribution in [2.75, 3.05) is 0 Å². The van der Waals surface area contributed by atoms with E-state index in [1.165, 1.54) is 21.9 Å². The third kappa shape index (κ3) is 2.90. The molecule has 0 radical (unpaired) electrons. The van der Waals surface area contributed by atoms with E-state index < -0.39 is 0 Å².